The van der Waals surface area contributed by atoms with Crippen molar-refractivity contribution in [1.82, 2.24) is 10.2 Å². The molecule has 0 saturated carbocycles. The topological polar surface area (TPSA) is 86.8 Å². The molecular weight excluding hydrogens is 560 g/mol. The minimum atomic E-state index is -4.02. The van der Waals surface area contributed by atoms with E-state index in [4.69, 9.17) is 11.6 Å². The van der Waals surface area contributed by atoms with Crippen LogP contribution in [-0.4, -0.2) is 50.5 Å². The summed E-state index contributed by atoms with van der Waals surface area (Å²) in [6, 6.07) is 16.9. The normalized spacial score (nSPS) is 12.0. The van der Waals surface area contributed by atoms with Gasteiger partial charge < -0.3 is 10.2 Å². The number of rotatable bonds is 13. The van der Waals surface area contributed by atoms with Gasteiger partial charge in [-0.2, -0.15) is 0 Å². The maximum Gasteiger partial charge on any atom is 0.244 e. The SMILES string of the molecule is CCCCNC(=O)[C@@H](Cc1ccccc1)N(Cc1ccc(F)cc1)C(=O)CN(c1ccc(F)c(Cl)c1)S(C)(=O)=O. The molecule has 0 bridgehead atoms. The van der Waals surface area contributed by atoms with Crippen LogP contribution >= 0.6 is 11.6 Å². The largest absolute Gasteiger partial charge is 0.354 e. The van der Waals surface area contributed by atoms with Crippen molar-refractivity contribution in [2.45, 2.75) is 38.8 Å². The first-order chi connectivity index (χ1) is 19.0. The Morgan fingerprint density at radius 2 is 1.65 bits per heavy atom. The molecule has 214 valence electrons. The second-order valence-corrected chi connectivity index (χ2v) is 11.7. The molecule has 11 heteroatoms. The quantitative estimate of drug-likeness (QED) is 0.285. The average molecular weight is 592 g/mol. The Morgan fingerprint density at radius 3 is 2.25 bits per heavy atom. The van der Waals surface area contributed by atoms with E-state index in [2.05, 4.69) is 5.32 Å². The van der Waals surface area contributed by atoms with Crippen LogP contribution in [0.3, 0.4) is 0 Å². The fraction of sp³-hybridized carbons (Fsp3) is 0.310. The van der Waals surface area contributed by atoms with Crippen molar-refractivity contribution in [2.24, 2.45) is 0 Å². The molecule has 1 N–H and O–H groups in total. The molecule has 1 atom stereocenters. The van der Waals surface area contributed by atoms with E-state index in [0.717, 1.165) is 41.1 Å². The molecule has 0 spiro atoms. The lowest BCUT2D eigenvalue weighted by Gasteiger charge is -2.33. The van der Waals surface area contributed by atoms with Crippen molar-refractivity contribution >= 4 is 39.1 Å². The summed E-state index contributed by atoms with van der Waals surface area (Å²) in [5, 5.41) is 2.57. The molecule has 2 amide bonds. The van der Waals surface area contributed by atoms with Gasteiger partial charge in [0.15, 0.2) is 0 Å². The van der Waals surface area contributed by atoms with Gasteiger partial charge in [-0.1, -0.05) is 67.4 Å². The van der Waals surface area contributed by atoms with E-state index in [0.29, 0.717) is 12.1 Å². The molecule has 0 radical (unpaired) electrons. The van der Waals surface area contributed by atoms with Gasteiger partial charge in [0.05, 0.1) is 17.0 Å². The maximum absolute atomic E-state index is 13.9. The van der Waals surface area contributed by atoms with Gasteiger partial charge in [-0.25, -0.2) is 17.2 Å². The summed E-state index contributed by atoms with van der Waals surface area (Å²) >= 11 is 5.89. The van der Waals surface area contributed by atoms with E-state index in [1.54, 1.807) is 0 Å². The van der Waals surface area contributed by atoms with Crippen molar-refractivity contribution in [1.29, 1.82) is 0 Å². The highest BCUT2D eigenvalue weighted by Gasteiger charge is 2.33. The van der Waals surface area contributed by atoms with Crippen molar-refractivity contribution in [3.8, 4) is 0 Å². The summed E-state index contributed by atoms with van der Waals surface area (Å²) in [6.07, 6.45) is 2.67. The maximum atomic E-state index is 13.9. The Bertz CT molecular complexity index is 1410. The van der Waals surface area contributed by atoms with Gasteiger partial charge in [-0.15, -0.1) is 0 Å². The van der Waals surface area contributed by atoms with E-state index in [9.17, 15) is 26.8 Å². The highest BCUT2D eigenvalue weighted by atomic mass is 35.5. The molecule has 0 aliphatic rings. The first-order valence-electron chi connectivity index (χ1n) is 12.8. The zero-order chi connectivity index (χ0) is 29.3. The van der Waals surface area contributed by atoms with Crippen molar-refractivity contribution in [2.75, 3.05) is 23.7 Å². The minimum Gasteiger partial charge on any atom is -0.354 e. The number of benzene rings is 3. The number of carbonyl (C=O) groups excluding carboxylic acids is 2. The Labute approximate surface area is 238 Å². The number of halogens is 3. The van der Waals surface area contributed by atoms with Gasteiger partial charge in [0, 0.05) is 19.5 Å². The Kier molecular flexibility index (Phi) is 11.0. The van der Waals surface area contributed by atoms with E-state index >= 15 is 0 Å². The number of carbonyl (C=O) groups is 2. The second kappa shape index (κ2) is 14.2. The number of anilines is 1. The van der Waals surface area contributed by atoms with Crippen LogP contribution in [0.2, 0.25) is 5.02 Å². The fourth-order valence-corrected chi connectivity index (χ4v) is 5.12. The van der Waals surface area contributed by atoms with Gasteiger partial charge >= 0.3 is 0 Å². The molecule has 0 aliphatic heterocycles. The summed E-state index contributed by atoms with van der Waals surface area (Å²) in [7, 11) is -4.02. The highest BCUT2D eigenvalue weighted by Crippen LogP contribution is 2.25. The van der Waals surface area contributed by atoms with Crippen molar-refractivity contribution in [3.05, 3.63) is 101 Å². The van der Waals surface area contributed by atoms with E-state index in [1.165, 1.54) is 35.2 Å². The van der Waals surface area contributed by atoms with Crippen LogP contribution in [0.5, 0.6) is 0 Å². The average Bonchev–Trinajstić information content (AvgIpc) is 2.92. The molecule has 3 aromatic rings. The van der Waals surface area contributed by atoms with Gasteiger partial charge in [0.2, 0.25) is 21.8 Å². The fourth-order valence-electron chi connectivity index (χ4n) is 4.10. The summed E-state index contributed by atoms with van der Waals surface area (Å²) < 4.78 is 53.7. The minimum absolute atomic E-state index is 0.00371. The lowest BCUT2D eigenvalue weighted by molar-refractivity contribution is -0.140. The molecule has 3 rings (SSSR count). The Morgan fingerprint density at radius 1 is 0.975 bits per heavy atom. The van der Waals surface area contributed by atoms with Crippen molar-refractivity contribution < 1.29 is 26.8 Å². The van der Waals surface area contributed by atoms with E-state index in [-0.39, 0.29) is 23.7 Å². The number of unbranched alkanes of at least 4 members (excludes halogenated alkanes) is 1. The first kappa shape index (κ1) is 31.0. The highest BCUT2D eigenvalue weighted by molar-refractivity contribution is 7.92. The van der Waals surface area contributed by atoms with Gasteiger partial charge in [0.1, 0.15) is 24.2 Å². The molecule has 0 aliphatic carbocycles. The number of nitrogens with one attached hydrogen (secondary N) is 1. The molecular formula is C29H32ClF2N3O4S. The second-order valence-electron chi connectivity index (χ2n) is 9.37. The molecule has 0 unspecified atom stereocenters. The Hall–Kier alpha value is -3.50. The van der Waals surface area contributed by atoms with Gasteiger partial charge in [-0.05, 0) is 47.9 Å². The first-order valence-corrected chi connectivity index (χ1v) is 15.0. The lowest BCUT2D eigenvalue weighted by atomic mass is 10.0. The van der Waals surface area contributed by atoms with Crippen LogP contribution in [0.15, 0.2) is 72.8 Å². The van der Waals surface area contributed by atoms with Crippen LogP contribution in [0.4, 0.5) is 14.5 Å². The number of hydrogen-bond donors (Lipinski definition) is 1. The number of sulfonamides is 1. The van der Waals surface area contributed by atoms with E-state index in [1.807, 2.05) is 37.3 Å². The molecule has 0 fully saturated rings. The summed E-state index contributed by atoms with van der Waals surface area (Å²) in [4.78, 5) is 28.7. The lowest BCUT2D eigenvalue weighted by Crippen LogP contribution is -2.53. The zero-order valence-electron chi connectivity index (χ0n) is 22.3. The predicted octanol–water partition coefficient (Wildman–Crippen LogP) is 4.94. The number of amides is 2. The molecule has 0 aromatic heterocycles. The smallest absolute Gasteiger partial charge is 0.244 e. The molecule has 0 saturated heterocycles. The summed E-state index contributed by atoms with van der Waals surface area (Å²) in [5.41, 5.74) is 1.33. The van der Waals surface area contributed by atoms with Gasteiger partial charge in [0.25, 0.3) is 0 Å². The van der Waals surface area contributed by atoms with Crippen molar-refractivity contribution in [3.63, 3.8) is 0 Å². The monoisotopic (exact) mass is 591 g/mol. The van der Waals surface area contributed by atoms with Crippen LogP contribution in [0.25, 0.3) is 0 Å². The van der Waals surface area contributed by atoms with Crippen LogP contribution in [0, 0.1) is 11.6 Å². The summed E-state index contributed by atoms with van der Waals surface area (Å²) in [5.74, 6) is -2.28. The number of nitrogens with zero attached hydrogens (tertiary/aromatic N) is 2. The van der Waals surface area contributed by atoms with E-state index < -0.39 is 46.1 Å². The zero-order valence-corrected chi connectivity index (χ0v) is 23.9. The van der Waals surface area contributed by atoms with Gasteiger partial charge in [-0.3, -0.25) is 13.9 Å². The van der Waals surface area contributed by atoms with Crippen LogP contribution in [0.1, 0.15) is 30.9 Å². The third-order valence-corrected chi connectivity index (χ3v) is 7.67. The molecule has 3 aromatic carbocycles. The molecule has 0 heterocycles. The third-order valence-electron chi connectivity index (χ3n) is 6.24. The summed E-state index contributed by atoms with van der Waals surface area (Å²) in [6.45, 7) is 1.64. The molecule has 40 heavy (non-hydrogen) atoms. The van der Waals surface area contributed by atoms with Crippen LogP contribution in [-0.2, 0) is 32.6 Å². The Balaban J connectivity index is 2.03. The molecule has 7 nitrogen and oxygen atoms in total. The predicted molar refractivity (Wildman–Crippen MR) is 152 cm³/mol. The third kappa shape index (κ3) is 8.76. The standard InChI is InChI=1S/C29H32ClF2N3O4S/c1-3-4-16-33-29(37)27(17-21-8-6-5-7-9-21)34(19-22-10-12-23(31)13-11-22)28(36)20-35(40(2,38)39)24-14-15-26(32)25(30)18-24/h5-15,18,27H,3-4,16-17,19-20H2,1-2H3,(H,33,37)/t27-/m1/s1. The van der Waals surface area contributed by atoms with Crippen LogP contribution < -0.4 is 9.62 Å². The number of hydrogen-bond acceptors (Lipinski definition) is 4.